The van der Waals surface area contributed by atoms with Crippen molar-refractivity contribution in [2.45, 2.75) is 31.2 Å². The predicted molar refractivity (Wildman–Crippen MR) is 130 cm³/mol. The first kappa shape index (κ1) is 22.4. The Morgan fingerprint density at radius 3 is 2.24 bits per heavy atom. The number of thioether (sulfide) groups is 1. The summed E-state index contributed by atoms with van der Waals surface area (Å²) in [6, 6.07) is 18.7. The Bertz CT molecular complexity index is 1270. The molecular weight excluding hydrogens is 434 g/mol. The van der Waals surface area contributed by atoms with Gasteiger partial charge in [0.25, 0.3) is 0 Å². The maximum Gasteiger partial charge on any atom is 0.237 e. The van der Waals surface area contributed by atoms with E-state index in [0.717, 1.165) is 16.8 Å². The van der Waals surface area contributed by atoms with Gasteiger partial charge in [0.1, 0.15) is 0 Å². The maximum atomic E-state index is 12.8. The Kier molecular flexibility index (Phi) is 6.65. The molecule has 0 bridgehead atoms. The van der Waals surface area contributed by atoms with Gasteiger partial charge in [-0.3, -0.25) is 19.1 Å². The van der Waals surface area contributed by atoms with Crippen LogP contribution in [-0.4, -0.2) is 36.7 Å². The van der Waals surface area contributed by atoms with Gasteiger partial charge in [-0.25, -0.2) is 0 Å². The molecule has 4 rings (SSSR count). The molecule has 2 heterocycles. The molecule has 1 amide bonds. The van der Waals surface area contributed by atoms with Gasteiger partial charge in [0.05, 0.1) is 5.25 Å². The van der Waals surface area contributed by atoms with Crippen molar-refractivity contribution in [3.63, 3.8) is 0 Å². The van der Waals surface area contributed by atoms with Crippen LogP contribution in [0.15, 0.2) is 78.2 Å². The van der Waals surface area contributed by atoms with Gasteiger partial charge in [0.2, 0.25) is 5.91 Å². The summed E-state index contributed by atoms with van der Waals surface area (Å²) in [4.78, 5) is 28.4. The lowest BCUT2D eigenvalue weighted by atomic mass is 10.1. The van der Waals surface area contributed by atoms with Gasteiger partial charge < -0.3 is 5.32 Å². The fourth-order valence-electron chi connectivity index (χ4n) is 3.20. The fraction of sp³-hybridized carbons (Fsp3) is 0.160. The van der Waals surface area contributed by atoms with E-state index in [-0.39, 0.29) is 11.7 Å². The van der Waals surface area contributed by atoms with Crippen molar-refractivity contribution in [1.29, 1.82) is 0 Å². The number of hydrogen-bond acceptors (Lipinski definition) is 6. The zero-order valence-electron chi connectivity index (χ0n) is 18.5. The van der Waals surface area contributed by atoms with Crippen molar-refractivity contribution in [3.05, 3.63) is 84.2 Å². The van der Waals surface area contributed by atoms with E-state index in [1.807, 2.05) is 54.8 Å². The molecule has 1 N–H and O–H groups in total. The van der Waals surface area contributed by atoms with Crippen LogP contribution in [0.1, 0.15) is 29.8 Å². The molecule has 0 saturated heterocycles. The zero-order chi connectivity index (χ0) is 23.4. The number of ketones is 1. The summed E-state index contributed by atoms with van der Waals surface area (Å²) in [6.45, 7) is 5.37. The number of nitrogens with zero attached hydrogens (tertiary/aromatic N) is 4. The molecule has 2 aromatic carbocycles. The Hall–Kier alpha value is -3.78. The first-order valence-electron chi connectivity index (χ1n) is 10.4. The fourth-order valence-corrected chi connectivity index (χ4v) is 4.07. The summed E-state index contributed by atoms with van der Waals surface area (Å²) in [6.07, 6.45) is 3.42. The molecule has 0 fully saturated rings. The molecule has 0 spiro atoms. The highest BCUT2D eigenvalue weighted by Gasteiger charge is 2.22. The third kappa shape index (κ3) is 5.18. The molecular formula is C25H23N5O2S. The largest absolute Gasteiger partial charge is 0.325 e. The smallest absolute Gasteiger partial charge is 0.237 e. The molecule has 1 atom stereocenters. The minimum absolute atomic E-state index is 0.0164. The van der Waals surface area contributed by atoms with Crippen LogP contribution < -0.4 is 5.32 Å². The van der Waals surface area contributed by atoms with E-state index in [9.17, 15) is 9.59 Å². The molecule has 7 nitrogen and oxygen atoms in total. The van der Waals surface area contributed by atoms with Crippen LogP contribution in [0.5, 0.6) is 0 Å². The highest BCUT2D eigenvalue weighted by molar-refractivity contribution is 8.00. The lowest BCUT2D eigenvalue weighted by molar-refractivity contribution is -0.115. The van der Waals surface area contributed by atoms with E-state index in [0.29, 0.717) is 22.2 Å². The minimum atomic E-state index is -0.434. The third-order valence-electron chi connectivity index (χ3n) is 5.07. The van der Waals surface area contributed by atoms with Gasteiger partial charge in [-0.2, -0.15) is 0 Å². The number of hydrogen-bond donors (Lipinski definition) is 1. The number of pyridine rings is 1. The zero-order valence-corrected chi connectivity index (χ0v) is 19.3. The number of aryl methyl sites for hydroxylation is 1. The Morgan fingerprint density at radius 2 is 1.61 bits per heavy atom. The van der Waals surface area contributed by atoms with E-state index >= 15 is 0 Å². The quantitative estimate of drug-likeness (QED) is 0.312. The molecule has 33 heavy (non-hydrogen) atoms. The van der Waals surface area contributed by atoms with E-state index in [1.165, 1.54) is 18.7 Å². The van der Waals surface area contributed by atoms with Crippen LogP contribution in [0.2, 0.25) is 0 Å². The number of Topliss-reactive ketones (excluding diaryl/α,β-unsaturated/α-hetero) is 1. The van der Waals surface area contributed by atoms with Crippen molar-refractivity contribution in [2.24, 2.45) is 0 Å². The molecule has 1 unspecified atom stereocenters. The number of benzene rings is 2. The highest BCUT2D eigenvalue weighted by atomic mass is 32.2. The van der Waals surface area contributed by atoms with Gasteiger partial charge in [-0.1, -0.05) is 29.5 Å². The van der Waals surface area contributed by atoms with Crippen molar-refractivity contribution < 1.29 is 9.59 Å². The average molecular weight is 458 g/mol. The van der Waals surface area contributed by atoms with Gasteiger partial charge >= 0.3 is 0 Å². The predicted octanol–water partition coefficient (Wildman–Crippen LogP) is 4.96. The molecule has 0 saturated carbocycles. The number of nitrogens with one attached hydrogen (secondary N) is 1. The van der Waals surface area contributed by atoms with E-state index < -0.39 is 5.25 Å². The van der Waals surface area contributed by atoms with Crippen molar-refractivity contribution in [3.8, 4) is 17.1 Å². The van der Waals surface area contributed by atoms with Crippen LogP contribution in [0.25, 0.3) is 17.1 Å². The second kappa shape index (κ2) is 9.79. The average Bonchev–Trinajstić information content (AvgIpc) is 3.24. The summed E-state index contributed by atoms with van der Waals surface area (Å²) < 4.78 is 1.95. The number of amides is 1. The number of carbonyl (C=O) groups excluding carboxylic acids is 2. The first-order chi connectivity index (χ1) is 15.9. The van der Waals surface area contributed by atoms with Crippen LogP contribution in [0, 0.1) is 6.92 Å². The van der Waals surface area contributed by atoms with Gasteiger partial charge in [-0.05, 0) is 69.3 Å². The highest BCUT2D eigenvalue weighted by Crippen LogP contribution is 2.30. The minimum Gasteiger partial charge on any atom is -0.325 e. The molecule has 166 valence electrons. The first-order valence-corrected chi connectivity index (χ1v) is 11.3. The number of rotatable bonds is 7. The van der Waals surface area contributed by atoms with Crippen LogP contribution in [-0.2, 0) is 4.79 Å². The molecule has 0 aliphatic heterocycles. The number of carbonyl (C=O) groups is 2. The normalized spacial score (nSPS) is 11.7. The van der Waals surface area contributed by atoms with E-state index in [2.05, 4.69) is 20.5 Å². The molecule has 2 aromatic heterocycles. The summed E-state index contributed by atoms with van der Waals surface area (Å²) >= 11 is 1.33. The SMILES string of the molecule is CC(=O)c1ccc(NC(=O)C(C)Sc2nnc(-c3ccncc3)n2-c2ccc(C)cc2)cc1. The third-order valence-corrected chi connectivity index (χ3v) is 6.12. The second-order valence-electron chi connectivity index (χ2n) is 7.60. The van der Waals surface area contributed by atoms with Gasteiger partial charge in [-0.15, -0.1) is 10.2 Å². The molecule has 0 aliphatic carbocycles. The molecule has 8 heteroatoms. The topological polar surface area (TPSA) is 89.8 Å². The van der Waals surface area contributed by atoms with Crippen molar-refractivity contribution in [2.75, 3.05) is 5.32 Å². The summed E-state index contributed by atoms with van der Waals surface area (Å²) in [7, 11) is 0. The second-order valence-corrected chi connectivity index (χ2v) is 8.90. The summed E-state index contributed by atoms with van der Waals surface area (Å²) in [5.41, 5.74) is 4.18. The standard InChI is InChI=1S/C25H23N5O2S/c1-16-4-10-22(11-5-16)30-23(20-12-14-26-15-13-20)28-29-25(30)33-18(3)24(32)27-21-8-6-19(7-9-21)17(2)31/h4-15,18H,1-3H3,(H,27,32). The van der Waals surface area contributed by atoms with Crippen molar-refractivity contribution >= 4 is 29.1 Å². The summed E-state index contributed by atoms with van der Waals surface area (Å²) in [5, 5.41) is 11.9. The van der Waals surface area contributed by atoms with Crippen LogP contribution in [0.4, 0.5) is 5.69 Å². The van der Waals surface area contributed by atoms with Crippen LogP contribution >= 0.6 is 11.8 Å². The number of aromatic nitrogens is 4. The molecule has 0 radical (unpaired) electrons. The van der Waals surface area contributed by atoms with Crippen LogP contribution in [0.3, 0.4) is 0 Å². The molecule has 4 aromatic rings. The van der Waals surface area contributed by atoms with E-state index in [1.54, 1.807) is 36.7 Å². The monoisotopic (exact) mass is 457 g/mol. The van der Waals surface area contributed by atoms with Gasteiger partial charge in [0.15, 0.2) is 16.8 Å². The lowest BCUT2D eigenvalue weighted by Gasteiger charge is -2.14. The Balaban J connectivity index is 1.59. The van der Waals surface area contributed by atoms with Crippen molar-refractivity contribution in [1.82, 2.24) is 19.7 Å². The lowest BCUT2D eigenvalue weighted by Crippen LogP contribution is -2.23. The number of anilines is 1. The molecule has 0 aliphatic rings. The maximum absolute atomic E-state index is 12.8. The van der Waals surface area contributed by atoms with Gasteiger partial charge in [0, 0.05) is 34.9 Å². The van der Waals surface area contributed by atoms with E-state index in [4.69, 9.17) is 0 Å². The Labute approximate surface area is 196 Å². The Morgan fingerprint density at radius 1 is 0.939 bits per heavy atom. The summed E-state index contributed by atoms with van der Waals surface area (Å²) in [5.74, 6) is 0.493.